The first-order valence-electron chi connectivity index (χ1n) is 13.0. The number of aryl methyl sites for hydroxylation is 2. The molecule has 5 aromatic carbocycles. The van der Waals surface area contributed by atoms with Crippen molar-refractivity contribution in [3.8, 4) is 22.6 Å². The molecule has 0 aliphatic rings. The van der Waals surface area contributed by atoms with Crippen molar-refractivity contribution in [3.05, 3.63) is 95.6 Å². The van der Waals surface area contributed by atoms with Crippen LogP contribution in [0.15, 0.2) is 104 Å². The molecule has 46 heavy (non-hydrogen) atoms. The average molecular weight is 658 g/mol. The Balaban J connectivity index is 0.00000288. The first kappa shape index (κ1) is 36.8. The van der Waals surface area contributed by atoms with Gasteiger partial charge in [-0.2, -0.15) is 23.8 Å². The number of benzene rings is 5. The summed E-state index contributed by atoms with van der Waals surface area (Å²) in [6.45, 7) is 3.64. The number of nitrogens with zero attached hydrogens (tertiary/aromatic N) is 4. The standard InChI is InChI=1S/C31H25N5O7S.2Na/c1-16-11-18(4-8-25(16)34-33-22-7-10-27(37)24(15-22)31(39)40)19-5-9-26(17(2)12-19)35-36-29-28(44(41,42)43)13-20-3-6-21(32)14-23(20)30(29)38;;/h3-15,37-38H,32H2,1-2H3,(H,39,40)(H,41,42,43);;. The van der Waals surface area contributed by atoms with Crippen molar-refractivity contribution in [1.29, 1.82) is 0 Å². The van der Waals surface area contributed by atoms with E-state index in [1.165, 1.54) is 42.5 Å². The molecule has 0 unspecified atom stereocenters. The van der Waals surface area contributed by atoms with Crippen LogP contribution >= 0.6 is 0 Å². The number of phenolic OH excluding ortho intramolecular Hbond substituents is 1. The van der Waals surface area contributed by atoms with Crippen molar-refractivity contribution in [3.63, 3.8) is 0 Å². The number of hydrogen-bond donors (Lipinski definition) is 5. The number of fused-ring (bicyclic) bond motifs is 1. The molecule has 0 bridgehead atoms. The van der Waals surface area contributed by atoms with Gasteiger partial charge < -0.3 is 21.1 Å². The van der Waals surface area contributed by atoms with Crippen LogP contribution in [0.3, 0.4) is 0 Å². The Hall–Kier alpha value is -3.66. The van der Waals surface area contributed by atoms with E-state index in [2.05, 4.69) is 20.5 Å². The molecule has 5 aromatic rings. The molecule has 0 aromatic heterocycles. The van der Waals surface area contributed by atoms with E-state index in [-0.39, 0.29) is 81.5 Å². The van der Waals surface area contributed by atoms with Crippen molar-refractivity contribution in [2.45, 2.75) is 18.7 Å². The largest absolute Gasteiger partial charge is 0.507 e. The Kier molecular flexibility index (Phi) is 11.9. The van der Waals surface area contributed by atoms with Crippen LogP contribution in [0.25, 0.3) is 21.9 Å². The molecule has 0 saturated carbocycles. The SMILES string of the molecule is Cc1cc(-c2ccc(N=Nc3c(S(=O)(=O)O)cc4ccc(N)cc4c3O)c(C)c2)ccc1N=Nc1ccc(O)c(C(=O)O)c1.[Na].[Na]. The van der Waals surface area contributed by atoms with Crippen LogP contribution in [0.1, 0.15) is 21.5 Å². The molecule has 0 heterocycles. The number of hydrogen-bond acceptors (Lipinski definition) is 10. The summed E-state index contributed by atoms with van der Waals surface area (Å²) in [6.07, 6.45) is 0. The number of phenols is 2. The number of aromatic carboxylic acids is 1. The van der Waals surface area contributed by atoms with E-state index in [0.29, 0.717) is 28.0 Å². The summed E-state index contributed by atoms with van der Waals surface area (Å²) in [6, 6.07) is 20.5. The van der Waals surface area contributed by atoms with Gasteiger partial charge in [0.25, 0.3) is 10.1 Å². The van der Waals surface area contributed by atoms with Crippen molar-refractivity contribution >= 4 is 114 Å². The van der Waals surface area contributed by atoms with E-state index in [9.17, 15) is 33.1 Å². The van der Waals surface area contributed by atoms with Crippen LogP contribution < -0.4 is 5.73 Å². The second-order valence-corrected chi connectivity index (χ2v) is 11.3. The average Bonchev–Trinajstić information content (AvgIpc) is 2.96. The van der Waals surface area contributed by atoms with Crippen molar-refractivity contribution < 1.29 is 33.1 Å². The minimum absolute atomic E-state index is 0. The van der Waals surface area contributed by atoms with Crippen LogP contribution in [0.5, 0.6) is 11.5 Å². The molecule has 0 fully saturated rings. The predicted octanol–water partition coefficient (Wildman–Crippen LogP) is 7.13. The minimum atomic E-state index is -4.74. The maximum Gasteiger partial charge on any atom is 0.339 e. The molecule has 0 saturated heterocycles. The van der Waals surface area contributed by atoms with Gasteiger partial charge in [0.15, 0.2) is 5.75 Å². The number of carboxylic acids is 1. The fraction of sp³-hybridized carbons (Fsp3) is 0.0645. The zero-order valence-corrected chi connectivity index (χ0v) is 30.1. The van der Waals surface area contributed by atoms with Gasteiger partial charge in [-0.05, 0) is 102 Å². The van der Waals surface area contributed by atoms with Crippen molar-refractivity contribution in [2.24, 2.45) is 20.5 Å². The first-order chi connectivity index (χ1) is 20.8. The second-order valence-electron chi connectivity index (χ2n) is 9.94. The van der Waals surface area contributed by atoms with Crippen LogP contribution in [0.4, 0.5) is 28.4 Å². The first-order valence-corrected chi connectivity index (χ1v) is 14.4. The Morgan fingerprint density at radius 3 is 1.87 bits per heavy atom. The molecule has 0 atom stereocenters. The molecule has 12 nitrogen and oxygen atoms in total. The van der Waals surface area contributed by atoms with Gasteiger partial charge in [-0.15, -0.1) is 5.11 Å². The van der Waals surface area contributed by atoms with E-state index in [4.69, 9.17) is 5.73 Å². The van der Waals surface area contributed by atoms with Gasteiger partial charge in [0.1, 0.15) is 21.9 Å². The molecule has 224 valence electrons. The number of carboxylic acid groups (broad SMARTS) is 1. The zero-order chi connectivity index (χ0) is 31.8. The minimum Gasteiger partial charge on any atom is -0.507 e. The second kappa shape index (κ2) is 14.8. The van der Waals surface area contributed by atoms with Crippen molar-refractivity contribution in [2.75, 3.05) is 5.73 Å². The summed E-state index contributed by atoms with van der Waals surface area (Å²) in [5.74, 6) is -2.12. The van der Waals surface area contributed by atoms with E-state index in [1.807, 2.05) is 25.1 Å². The van der Waals surface area contributed by atoms with E-state index in [1.54, 1.807) is 25.1 Å². The van der Waals surface area contributed by atoms with Gasteiger partial charge in [-0.1, -0.05) is 18.2 Å². The maximum absolute atomic E-state index is 12.1. The van der Waals surface area contributed by atoms with Gasteiger partial charge in [0.2, 0.25) is 0 Å². The molecular weight excluding hydrogens is 632 g/mol. The topological polar surface area (TPSA) is 208 Å². The molecular formula is C31H25N5Na2O7S. The summed E-state index contributed by atoms with van der Waals surface area (Å²) in [7, 11) is -4.74. The molecule has 6 N–H and O–H groups in total. The van der Waals surface area contributed by atoms with Crippen LogP contribution in [0, 0.1) is 13.8 Å². The number of carbonyl (C=O) groups is 1. The van der Waals surface area contributed by atoms with Crippen LogP contribution in [-0.2, 0) is 10.1 Å². The number of azo groups is 2. The maximum atomic E-state index is 12.1. The fourth-order valence-corrected chi connectivity index (χ4v) is 5.18. The van der Waals surface area contributed by atoms with E-state index < -0.39 is 32.4 Å². The third kappa shape index (κ3) is 8.00. The number of nitrogens with two attached hydrogens (primary N) is 1. The monoisotopic (exact) mass is 657 g/mol. The summed E-state index contributed by atoms with van der Waals surface area (Å²) < 4.78 is 34.0. The molecule has 0 amide bonds. The summed E-state index contributed by atoms with van der Waals surface area (Å²) in [5.41, 5.74) is 9.93. The smallest absolute Gasteiger partial charge is 0.339 e. The van der Waals surface area contributed by atoms with E-state index >= 15 is 0 Å². The predicted molar refractivity (Wildman–Crippen MR) is 176 cm³/mol. The van der Waals surface area contributed by atoms with Crippen LogP contribution in [0.2, 0.25) is 0 Å². The summed E-state index contributed by atoms with van der Waals surface area (Å²) >= 11 is 0. The molecule has 0 spiro atoms. The van der Waals surface area contributed by atoms with Gasteiger partial charge in [-0.3, -0.25) is 4.55 Å². The summed E-state index contributed by atoms with van der Waals surface area (Å²) in [4.78, 5) is 10.7. The normalized spacial score (nSPS) is 11.5. The number of anilines is 1. The quantitative estimate of drug-likeness (QED) is 0.0525. The fourth-order valence-electron chi connectivity index (χ4n) is 4.52. The molecule has 0 aliphatic carbocycles. The molecule has 15 heteroatoms. The number of nitrogen functional groups attached to an aromatic ring is 1. The van der Waals surface area contributed by atoms with Crippen LogP contribution in [-0.4, -0.2) is 93.4 Å². The van der Waals surface area contributed by atoms with Gasteiger partial charge in [-0.25, -0.2) is 4.79 Å². The molecule has 0 aliphatic heterocycles. The molecule has 2 radical (unpaired) electrons. The van der Waals surface area contributed by atoms with E-state index in [0.717, 1.165) is 16.7 Å². The third-order valence-electron chi connectivity index (χ3n) is 6.82. The zero-order valence-electron chi connectivity index (χ0n) is 25.3. The summed E-state index contributed by atoms with van der Waals surface area (Å²) in [5, 5.41) is 46.8. The Morgan fingerprint density at radius 2 is 1.33 bits per heavy atom. The Labute approximate surface area is 308 Å². The van der Waals surface area contributed by atoms with Gasteiger partial charge >= 0.3 is 5.97 Å². The Morgan fingerprint density at radius 1 is 0.739 bits per heavy atom. The van der Waals surface area contributed by atoms with Gasteiger partial charge in [0.05, 0.1) is 17.1 Å². The molecule has 5 rings (SSSR count). The Bertz CT molecular complexity index is 2160. The van der Waals surface area contributed by atoms with Crippen molar-refractivity contribution in [1.82, 2.24) is 0 Å². The van der Waals surface area contributed by atoms with Gasteiger partial charge in [0, 0.05) is 70.2 Å². The number of aromatic hydroxyl groups is 2. The number of rotatable bonds is 7. The third-order valence-corrected chi connectivity index (χ3v) is 7.69.